The molecule has 0 aliphatic rings. The Balaban J connectivity index is 2.03. The Morgan fingerprint density at radius 1 is 1.04 bits per heavy atom. The minimum Gasteiger partial charge on any atom is -0.453 e. The Labute approximate surface area is 149 Å². The molecule has 0 unspecified atom stereocenters. The molecule has 0 aliphatic heterocycles. The largest absolute Gasteiger partial charge is 0.453 e. The standard InChI is InChI=1S/C19H15ClN2O3/c1-25-19(24)22-17-8-3-2-7-14(17)15-10-21-11-16(15)18(23)12-5-4-6-13(20)9-12/h2-11,21H,1H3,(H,22,24). The van der Waals surface area contributed by atoms with Crippen LogP contribution in [0.2, 0.25) is 5.02 Å². The third kappa shape index (κ3) is 3.56. The van der Waals surface area contributed by atoms with Crippen LogP contribution in [0.25, 0.3) is 11.1 Å². The summed E-state index contributed by atoms with van der Waals surface area (Å²) < 4.78 is 4.65. The normalized spacial score (nSPS) is 10.3. The van der Waals surface area contributed by atoms with Crippen molar-refractivity contribution in [2.45, 2.75) is 0 Å². The molecular formula is C19H15ClN2O3. The summed E-state index contributed by atoms with van der Waals surface area (Å²) in [5.74, 6) is -0.161. The van der Waals surface area contributed by atoms with Crippen molar-refractivity contribution in [2.24, 2.45) is 0 Å². The smallest absolute Gasteiger partial charge is 0.411 e. The number of hydrogen-bond acceptors (Lipinski definition) is 3. The van der Waals surface area contributed by atoms with E-state index in [-0.39, 0.29) is 5.78 Å². The van der Waals surface area contributed by atoms with Gasteiger partial charge in [0.25, 0.3) is 0 Å². The van der Waals surface area contributed by atoms with Crippen LogP contribution in [-0.2, 0) is 4.74 Å². The number of anilines is 1. The summed E-state index contributed by atoms with van der Waals surface area (Å²) >= 11 is 5.98. The van der Waals surface area contributed by atoms with E-state index in [1.165, 1.54) is 7.11 Å². The first kappa shape index (κ1) is 16.8. The quantitative estimate of drug-likeness (QED) is 0.664. The summed E-state index contributed by atoms with van der Waals surface area (Å²) in [5.41, 5.74) is 2.92. The van der Waals surface area contributed by atoms with Crippen molar-refractivity contribution in [3.05, 3.63) is 77.1 Å². The third-order valence-corrected chi connectivity index (χ3v) is 3.95. The van der Waals surface area contributed by atoms with Crippen molar-refractivity contribution in [2.75, 3.05) is 12.4 Å². The monoisotopic (exact) mass is 354 g/mol. The summed E-state index contributed by atoms with van der Waals surface area (Å²) in [6, 6.07) is 14.0. The van der Waals surface area contributed by atoms with E-state index < -0.39 is 6.09 Å². The lowest BCUT2D eigenvalue weighted by molar-refractivity contribution is 0.103. The van der Waals surface area contributed by atoms with Crippen molar-refractivity contribution in [3.63, 3.8) is 0 Å². The molecule has 0 fully saturated rings. The van der Waals surface area contributed by atoms with Gasteiger partial charge >= 0.3 is 6.09 Å². The number of para-hydroxylation sites is 1. The molecule has 1 heterocycles. The number of ether oxygens (including phenoxy) is 1. The number of amides is 1. The molecule has 0 aliphatic carbocycles. The maximum Gasteiger partial charge on any atom is 0.411 e. The first-order valence-electron chi connectivity index (χ1n) is 7.51. The Kier molecular flexibility index (Phi) is 4.86. The van der Waals surface area contributed by atoms with E-state index in [1.54, 1.807) is 48.8 Å². The topological polar surface area (TPSA) is 71.2 Å². The third-order valence-electron chi connectivity index (χ3n) is 3.72. The first-order chi connectivity index (χ1) is 12.1. The van der Waals surface area contributed by atoms with Crippen LogP contribution in [0.4, 0.5) is 10.5 Å². The molecule has 25 heavy (non-hydrogen) atoms. The molecule has 126 valence electrons. The molecule has 0 bridgehead atoms. The van der Waals surface area contributed by atoms with Gasteiger partial charge in [0.2, 0.25) is 0 Å². The lowest BCUT2D eigenvalue weighted by Gasteiger charge is -2.11. The average Bonchev–Trinajstić information content (AvgIpc) is 3.11. The van der Waals surface area contributed by atoms with Crippen LogP contribution in [0.5, 0.6) is 0 Å². The highest BCUT2D eigenvalue weighted by Crippen LogP contribution is 2.32. The zero-order chi connectivity index (χ0) is 17.8. The lowest BCUT2D eigenvalue weighted by atomic mass is 9.97. The highest BCUT2D eigenvalue weighted by molar-refractivity contribution is 6.31. The van der Waals surface area contributed by atoms with Crippen molar-refractivity contribution in [3.8, 4) is 11.1 Å². The van der Waals surface area contributed by atoms with Gasteiger partial charge in [-0.1, -0.05) is 41.9 Å². The molecular weight excluding hydrogens is 340 g/mol. The number of nitrogens with one attached hydrogen (secondary N) is 2. The van der Waals surface area contributed by atoms with Gasteiger partial charge < -0.3 is 9.72 Å². The van der Waals surface area contributed by atoms with Crippen molar-refractivity contribution < 1.29 is 14.3 Å². The number of hydrogen-bond donors (Lipinski definition) is 2. The van der Waals surface area contributed by atoms with Gasteiger partial charge in [0, 0.05) is 39.7 Å². The van der Waals surface area contributed by atoms with Crippen LogP contribution in [0, 0.1) is 0 Å². The second-order valence-electron chi connectivity index (χ2n) is 5.28. The van der Waals surface area contributed by atoms with Crippen LogP contribution in [0.15, 0.2) is 60.9 Å². The molecule has 3 aromatic rings. The van der Waals surface area contributed by atoms with Gasteiger partial charge in [-0.15, -0.1) is 0 Å². The van der Waals surface area contributed by atoms with E-state index in [4.69, 9.17) is 11.6 Å². The molecule has 0 saturated carbocycles. The fourth-order valence-electron chi connectivity index (χ4n) is 2.55. The van der Waals surface area contributed by atoms with E-state index in [1.807, 2.05) is 12.1 Å². The SMILES string of the molecule is COC(=O)Nc1ccccc1-c1c[nH]cc1C(=O)c1cccc(Cl)c1. The van der Waals surface area contributed by atoms with Crippen LogP contribution in [0.3, 0.4) is 0 Å². The van der Waals surface area contributed by atoms with E-state index >= 15 is 0 Å². The molecule has 3 rings (SSSR count). The van der Waals surface area contributed by atoms with Gasteiger partial charge in [0.15, 0.2) is 5.78 Å². The molecule has 0 saturated heterocycles. The molecule has 0 radical (unpaired) electrons. The highest BCUT2D eigenvalue weighted by Gasteiger charge is 2.18. The van der Waals surface area contributed by atoms with Gasteiger partial charge in [0.1, 0.15) is 0 Å². The second-order valence-corrected chi connectivity index (χ2v) is 5.72. The maximum atomic E-state index is 12.9. The fourth-order valence-corrected chi connectivity index (χ4v) is 2.74. The van der Waals surface area contributed by atoms with Crippen molar-refractivity contribution >= 4 is 29.2 Å². The molecule has 2 N–H and O–H groups in total. The number of aromatic nitrogens is 1. The first-order valence-corrected chi connectivity index (χ1v) is 7.89. The van der Waals surface area contributed by atoms with E-state index in [2.05, 4.69) is 15.0 Å². The summed E-state index contributed by atoms with van der Waals surface area (Å²) in [7, 11) is 1.29. The average molecular weight is 355 g/mol. The number of benzene rings is 2. The Bertz CT molecular complexity index is 934. The van der Waals surface area contributed by atoms with Gasteiger partial charge in [0.05, 0.1) is 12.8 Å². The minimum atomic E-state index is -0.578. The summed E-state index contributed by atoms with van der Waals surface area (Å²) in [5, 5.41) is 3.15. The number of aromatic amines is 1. The van der Waals surface area contributed by atoms with Gasteiger partial charge in [-0.25, -0.2) is 4.79 Å². The van der Waals surface area contributed by atoms with Gasteiger partial charge in [-0.3, -0.25) is 10.1 Å². The number of carbonyl (C=O) groups is 2. The fraction of sp³-hybridized carbons (Fsp3) is 0.0526. The number of rotatable bonds is 4. The highest BCUT2D eigenvalue weighted by atomic mass is 35.5. The molecule has 2 aromatic carbocycles. The number of ketones is 1. The Morgan fingerprint density at radius 3 is 2.60 bits per heavy atom. The Hall–Kier alpha value is -3.05. The van der Waals surface area contributed by atoms with Crippen LogP contribution < -0.4 is 5.32 Å². The number of methoxy groups -OCH3 is 1. The molecule has 0 atom stereocenters. The van der Waals surface area contributed by atoms with E-state index in [0.717, 1.165) is 0 Å². The molecule has 0 spiro atoms. The van der Waals surface area contributed by atoms with E-state index in [9.17, 15) is 9.59 Å². The van der Waals surface area contributed by atoms with Gasteiger partial charge in [-0.05, 0) is 18.2 Å². The van der Waals surface area contributed by atoms with Gasteiger partial charge in [-0.2, -0.15) is 0 Å². The zero-order valence-electron chi connectivity index (χ0n) is 13.4. The number of halogens is 1. The van der Waals surface area contributed by atoms with Crippen LogP contribution in [0.1, 0.15) is 15.9 Å². The summed E-state index contributed by atoms with van der Waals surface area (Å²) in [4.78, 5) is 27.4. The number of carbonyl (C=O) groups excluding carboxylic acids is 2. The second kappa shape index (κ2) is 7.23. The zero-order valence-corrected chi connectivity index (χ0v) is 14.1. The number of H-pyrrole nitrogens is 1. The van der Waals surface area contributed by atoms with Crippen molar-refractivity contribution in [1.82, 2.24) is 4.98 Å². The van der Waals surface area contributed by atoms with Crippen LogP contribution in [-0.4, -0.2) is 24.0 Å². The predicted octanol–water partition coefficient (Wildman–Crippen LogP) is 4.74. The van der Waals surface area contributed by atoms with E-state index in [0.29, 0.717) is 33.0 Å². The summed E-state index contributed by atoms with van der Waals surface area (Å²) in [6.45, 7) is 0. The summed E-state index contributed by atoms with van der Waals surface area (Å²) in [6.07, 6.45) is 2.77. The van der Waals surface area contributed by atoms with Crippen LogP contribution >= 0.6 is 11.6 Å². The minimum absolute atomic E-state index is 0.161. The Morgan fingerprint density at radius 2 is 1.84 bits per heavy atom. The van der Waals surface area contributed by atoms with Crippen molar-refractivity contribution in [1.29, 1.82) is 0 Å². The predicted molar refractivity (Wildman–Crippen MR) is 97.1 cm³/mol. The molecule has 1 aromatic heterocycles. The molecule has 6 heteroatoms. The molecule has 1 amide bonds. The maximum absolute atomic E-state index is 12.9. The lowest BCUT2D eigenvalue weighted by Crippen LogP contribution is -2.12. The molecule has 5 nitrogen and oxygen atoms in total.